The summed E-state index contributed by atoms with van der Waals surface area (Å²) in [7, 11) is 0. The van der Waals surface area contributed by atoms with Gasteiger partial charge in [0.15, 0.2) is 0 Å². The fourth-order valence-corrected chi connectivity index (χ4v) is 3.76. The minimum absolute atomic E-state index is 0.118. The third-order valence-electron chi connectivity index (χ3n) is 4.60. The van der Waals surface area contributed by atoms with Gasteiger partial charge in [-0.1, -0.05) is 24.3 Å². The number of ether oxygens (including phenoxy) is 1. The quantitative estimate of drug-likeness (QED) is 0.911. The molecule has 2 N–H and O–H groups in total. The van der Waals surface area contributed by atoms with E-state index in [4.69, 9.17) is 10.5 Å². The first-order valence-electron chi connectivity index (χ1n) is 7.60. The predicted molar refractivity (Wildman–Crippen MR) is 86.0 cm³/mol. The molecular weight excluding hydrogens is 260 g/mol. The van der Waals surface area contributed by atoms with Gasteiger partial charge in [-0.2, -0.15) is 0 Å². The monoisotopic (exact) mass is 284 g/mol. The number of aromatic nitrogens is 1. The maximum atomic E-state index is 6.62. The number of pyridine rings is 1. The second-order valence-corrected chi connectivity index (χ2v) is 7.22. The number of rotatable bonds is 2. The van der Waals surface area contributed by atoms with Crippen molar-refractivity contribution in [3.05, 3.63) is 42.2 Å². The van der Waals surface area contributed by atoms with Crippen molar-refractivity contribution in [2.75, 3.05) is 0 Å². The lowest BCUT2D eigenvalue weighted by molar-refractivity contribution is -0.0768. The Morgan fingerprint density at radius 3 is 2.57 bits per heavy atom. The molecule has 1 saturated heterocycles. The number of benzene rings is 1. The predicted octanol–water partition coefficient (Wildman–Crippen LogP) is 3.83. The Bertz CT molecular complexity index is 658. The highest BCUT2D eigenvalue weighted by Gasteiger charge is 2.48. The van der Waals surface area contributed by atoms with Crippen molar-refractivity contribution in [2.24, 2.45) is 11.7 Å². The number of hydrogen-bond donors (Lipinski definition) is 1. The molecule has 1 aliphatic heterocycles. The Hall–Kier alpha value is -1.45. The van der Waals surface area contributed by atoms with E-state index < -0.39 is 0 Å². The summed E-state index contributed by atoms with van der Waals surface area (Å²) in [6.45, 7) is 8.55. The molecule has 0 bridgehead atoms. The topological polar surface area (TPSA) is 48.1 Å². The second kappa shape index (κ2) is 4.79. The summed E-state index contributed by atoms with van der Waals surface area (Å²) in [5.74, 6) is 0.255. The summed E-state index contributed by atoms with van der Waals surface area (Å²) in [6, 6.07) is 10.2. The molecule has 3 nitrogen and oxygen atoms in total. The van der Waals surface area contributed by atoms with E-state index in [1.165, 1.54) is 5.39 Å². The van der Waals surface area contributed by atoms with Crippen molar-refractivity contribution in [3.8, 4) is 0 Å². The van der Waals surface area contributed by atoms with Gasteiger partial charge in [-0.25, -0.2) is 0 Å². The van der Waals surface area contributed by atoms with Crippen LogP contribution in [0.5, 0.6) is 0 Å². The van der Waals surface area contributed by atoms with E-state index in [9.17, 15) is 0 Å². The standard InChI is InChI=1S/C18H24N2O/c1-17(2)11-14(18(3,4)21-17)15(19)16-13-8-6-5-7-12(13)9-10-20-16/h5-10,14-15H,11,19H2,1-4H3. The Morgan fingerprint density at radius 1 is 1.19 bits per heavy atom. The van der Waals surface area contributed by atoms with Gasteiger partial charge in [0.25, 0.3) is 0 Å². The highest BCUT2D eigenvalue weighted by molar-refractivity contribution is 5.84. The van der Waals surface area contributed by atoms with Crippen LogP contribution >= 0.6 is 0 Å². The van der Waals surface area contributed by atoms with E-state index in [0.29, 0.717) is 0 Å². The van der Waals surface area contributed by atoms with Gasteiger partial charge in [-0.3, -0.25) is 4.98 Å². The molecule has 0 amide bonds. The SMILES string of the molecule is CC1(C)CC(C(N)c2nccc3ccccc23)C(C)(C)O1. The van der Waals surface area contributed by atoms with Crippen molar-refractivity contribution in [3.63, 3.8) is 0 Å². The van der Waals surface area contributed by atoms with Gasteiger partial charge < -0.3 is 10.5 Å². The molecular formula is C18H24N2O. The number of fused-ring (bicyclic) bond motifs is 1. The summed E-state index contributed by atoms with van der Waals surface area (Å²) in [4.78, 5) is 4.58. The van der Waals surface area contributed by atoms with Gasteiger partial charge in [-0.15, -0.1) is 0 Å². The Labute approximate surface area is 126 Å². The average Bonchev–Trinajstić information content (AvgIpc) is 2.65. The number of nitrogens with zero attached hydrogens (tertiary/aromatic N) is 1. The van der Waals surface area contributed by atoms with Crippen molar-refractivity contribution in [2.45, 2.75) is 51.4 Å². The van der Waals surface area contributed by atoms with E-state index in [-0.39, 0.29) is 23.2 Å². The molecule has 0 saturated carbocycles. The molecule has 1 aliphatic rings. The van der Waals surface area contributed by atoms with Crippen molar-refractivity contribution < 1.29 is 4.74 Å². The van der Waals surface area contributed by atoms with E-state index in [0.717, 1.165) is 17.5 Å². The van der Waals surface area contributed by atoms with Gasteiger partial charge >= 0.3 is 0 Å². The third-order valence-corrected chi connectivity index (χ3v) is 4.60. The maximum absolute atomic E-state index is 6.62. The molecule has 1 aromatic heterocycles. The summed E-state index contributed by atoms with van der Waals surface area (Å²) in [5, 5.41) is 2.34. The molecule has 2 aromatic rings. The van der Waals surface area contributed by atoms with Crippen LogP contribution in [0, 0.1) is 5.92 Å². The molecule has 21 heavy (non-hydrogen) atoms. The van der Waals surface area contributed by atoms with E-state index in [2.05, 4.69) is 44.8 Å². The van der Waals surface area contributed by atoms with Gasteiger partial charge in [0.05, 0.1) is 22.9 Å². The smallest absolute Gasteiger partial charge is 0.0681 e. The molecule has 0 radical (unpaired) electrons. The van der Waals surface area contributed by atoms with Crippen LogP contribution in [-0.2, 0) is 4.74 Å². The Kier molecular flexibility index (Phi) is 3.30. The van der Waals surface area contributed by atoms with E-state index in [1.807, 2.05) is 24.4 Å². The van der Waals surface area contributed by atoms with Crippen molar-refractivity contribution >= 4 is 10.8 Å². The van der Waals surface area contributed by atoms with E-state index >= 15 is 0 Å². The second-order valence-electron chi connectivity index (χ2n) is 7.22. The van der Waals surface area contributed by atoms with Crippen molar-refractivity contribution in [1.29, 1.82) is 0 Å². The molecule has 2 atom stereocenters. The van der Waals surface area contributed by atoms with Gasteiger partial charge in [0.1, 0.15) is 0 Å². The van der Waals surface area contributed by atoms with E-state index in [1.54, 1.807) is 0 Å². The summed E-state index contributed by atoms with van der Waals surface area (Å²) >= 11 is 0. The largest absolute Gasteiger partial charge is 0.369 e. The lowest BCUT2D eigenvalue weighted by Crippen LogP contribution is -2.36. The molecule has 0 spiro atoms. The molecule has 2 unspecified atom stereocenters. The highest BCUT2D eigenvalue weighted by Crippen LogP contribution is 2.47. The zero-order valence-electron chi connectivity index (χ0n) is 13.3. The lowest BCUT2D eigenvalue weighted by atomic mass is 9.80. The maximum Gasteiger partial charge on any atom is 0.0681 e. The van der Waals surface area contributed by atoms with Crippen LogP contribution in [0.15, 0.2) is 36.5 Å². The van der Waals surface area contributed by atoms with Crippen LogP contribution in [0.25, 0.3) is 10.8 Å². The first-order valence-corrected chi connectivity index (χ1v) is 7.60. The van der Waals surface area contributed by atoms with Crippen LogP contribution in [0.4, 0.5) is 0 Å². The molecule has 0 aliphatic carbocycles. The highest BCUT2D eigenvalue weighted by atomic mass is 16.5. The molecule has 3 rings (SSSR count). The Morgan fingerprint density at radius 2 is 1.90 bits per heavy atom. The van der Waals surface area contributed by atoms with Crippen LogP contribution < -0.4 is 5.73 Å². The molecule has 1 fully saturated rings. The molecule has 3 heteroatoms. The van der Waals surface area contributed by atoms with Crippen molar-refractivity contribution in [1.82, 2.24) is 4.98 Å². The summed E-state index contributed by atoms with van der Waals surface area (Å²) < 4.78 is 6.20. The van der Waals surface area contributed by atoms with Gasteiger partial charge in [0, 0.05) is 17.5 Å². The third kappa shape index (κ3) is 2.56. The van der Waals surface area contributed by atoms with Crippen LogP contribution in [0.1, 0.15) is 45.9 Å². The first-order chi connectivity index (χ1) is 9.80. The zero-order chi connectivity index (χ0) is 15.3. The van der Waals surface area contributed by atoms with Crippen LogP contribution in [0.2, 0.25) is 0 Å². The fraction of sp³-hybridized carbons (Fsp3) is 0.500. The zero-order valence-corrected chi connectivity index (χ0v) is 13.3. The van der Waals surface area contributed by atoms with Gasteiger partial charge in [-0.05, 0) is 45.6 Å². The molecule has 1 aromatic carbocycles. The fourth-order valence-electron chi connectivity index (χ4n) is 3.76. The van der Waals surface area contributed by atoms with Gasteiger partial charge in [0.2, 0.25) is 0 Å². The average molecular weight is 284 g/mol. The minimum atomic E-state index is -0.235. The van der Waals surface area contributed by atoms with Crippen LogP contribution in [-0.4, -0.2) is 16.2 Å². The minimum Gasteiger partial charge on any atom is -0.369 e. The molecule has 2 heterocycles. The molecule has 112 valence electrons. The summed E-state index contributed by atoms with van der Waals surface area (Å²) in [5.41, 5.74) is 7.24. The Balaban J connectivity index is 2.03. The summed E-state index contributed by atoms with van der Waals surface area (Å²) in [6.07, 6.45) is 2.80. The number of nitrogens with two attached hydrogens (primary N) is 1. The lowest BCUT2D eigenvalue weighted by Gasteiger charge is -2.31. The first kappa shape index (κ1) is 14.5. The van der Waals surface area contributed by atoms with Crippen LogP contribution in [0.3, 0.4) is 0 Å². The number of hydrogen-bond acceptors (Lipinski definition) is 3. The normalized spacial score (nSPS) is 25.1.